The SMILES string of the molecule is NC(=O)C(c1ccccc1)N1CCN(Cc2ccc(OC(F)(F)F)cc2)CC1. The molecule has 2 aromatic rings. The molecule has 8 heteroatoms. The number of amides is 1. The van der Waals surface area contributed by atoms with Gasteiger partial charge in [-0.15, -0.1) is 13.2 Å². The van der Waals surface area contributed by atoms with E-state index in [4.69, 9.17) is 5.73 Å². The minimum Gasteiger partial charge on any atom is -0.406 e. The minimum absolute atomic E-state index is 0.228. The highest BCUT2D eigenvalue weighted by Gasteiger charge is 2.31. The molecule has 0 spiro atoms. The number of benzene rings is 2. The summed E-state index contributed by atoms with van der Waals surface area (Å²) in [6.07, 6.45) is -4.69. The van der Waals surface area contributed by atoms with Crippen LogP contribution in [-0.2, 0) is 11.3 Å². The van der Waals surface area contributed by atoms with Gasteiger partial charge in [0.25, 0.3) is 0 Å². The normalized spacial score (nSPS) is 17.2. The summed E-state index contributed by atoms with van der Waals surface area (Å²) in [6, 6.07) is 14.9. The molecule has 0 bridgehead atoms. The highest BCUT2D eigenvalue weighted by Crippen LogP contribution is 2.24. The minimum atomic E-state index is -4.69. The maximum atomic E-state index is 12.2. The summed E-state index contributed by atoms with van der Waals surface area (Å²) in [5, 5.41) is 0. The van der Waals surface area contributed by atoms with Crippen molar-refractivity contribution in [3.05, 3.63) is 65.7 Å². The van der Waals surface area contributed by atoms with Gasteiger partial charge >= 0.3 is 6.36 Å². The number of primary amides is 1. The zero-order valence-corrected chi connectivity index (χ0v) is 15.2. The molecule has 0 saturated carbocycles. The largest absolute Gasteiger partial charge is 0.573 e. The number of carbonyl (C=O) groups excluding carboxylic acids is 1. The molecule has 1 aliphatic rings. The fourth-order valence-corrected chi connectivity index (χ4v) is 3.42. The van der Waals surface area contributed by atoms with Crippen molar-refractivity contribution in [2.24, 2.45) is 5.73 Å². The number of hydrogen-bond donors (Lipinski definition) is 1. The molecule has 1 amide bonds. The Kier molecular flexibility index (Phi) is 6.21. The van der Waals surface area contributed by atoms with Crippen LogP contribution in [0.15, 0.2) is 54.6 Å². The monoisotopic (exact) mass is 393 g/mol. The Labute approximate surface area is 161 Å². The summed E-state index contributed by atoms with van der Waals surface area (Å²) >= 11 is 0. The first-order valence-corrected chi connectivity index (χ1v) is 8.97. The van der Waals surface area contributed by atoms with E-state index < -0.39 is 12.4 Å². The van der Waals surface area contributed by atoms with Gasteiger partial charge in [-0.05, 0) is 23.3 Å². The lowest BCUT2D eigenvalue weighted by Gasteiger charge is -2.38. The zero-order chi connectivity index (χ0) is 20.1. The molecule has 1 saturated heterocycles. The first-order valence-electron chi connectivity index (χ1n) is 8.97. The number of rotatable bonds is 6. The summed E-state index contributed by atoms with van der Waals surface area (Å²) in [4.78, 5) is 16.2. The Hall–Kier alpha value is -2.58. The van der Waals surface area contributed by atoms with Crippen LogP contribution in [0.3, 0.4) is 0 Å². The van der Waals surface area contributed by atoms with Crippen LogP contribution < -0.4 is 10.5 Å². The molecule has 1 unspecified atom stereocenters. The second-order valence-corrected chi connectivity index (χ2v) is 6.72. The number of halogens is 3. The van der Waals surface area contributed by atoms with E-state index >= 15 is 0 Å². The molecule has 1 aliphatic heterocycles. The maximum Gasteiger partial charge on any atom is 0.573 e. The third-order valence-electron chi connectivity index (χ3n) is 4.72. The van der Waals surface area contributed by atoms with E-state index in [2.05, 4.69) is 14.5 Å². The first-order chi connectivity index (χ1) is 13.3. The Morgan fingerprint density at radius 1 is 1.00 bits per heavy atom. The van der Waals surface area contributed by atoms with Gasteiger partial charge in [0.15, 0.2) is 0 Å². The lowest BCUT2D eigenvalue weighted by molar-refractivity contribution is -0.274. The predicted molar refractivity (Wildman–Crippen MR) is 98.4 cm³/mol. The van der Waals surface area contributed by atoms with Gasteiger partial charge in [0.05, 0.1) is 0 Å². The fourth-order valence-electron chi connectivity index (χ4n) is 3.42. The second kappa shape index (κ2) is 8.62. The number of carbonyl (C=O) groups is 1. The average molecular weight is 393 g/mol. The molecule has 1 atom stereocenters. The van der Waals surface area contributed by atoms with Gasteiger partial charge in [-0.2, -0.15) is 0 Å². The second-order valence-electron chi connectivity index (χ2n) is 6.72. The van der Waals surface area contributed by atoms with Crippen molar-refractivity contribution >= 4 is 5.91 Å². The molecule has 1 fully saturated rings. The molecule has 5 nitrogen and oxygen atoms in total. The van der Waals surface area contributed by atoms with E-state index in [1.54, 1.807) is 12.1 Å². The van der Waals surface area contributed by atoms with Crippen molar-refractivity contribution in [3.63, 3.8) is 0 Å². The summed E-state index contributed by atoms with van der Waals surface area (Å²) in [6.45, 7) is 3.44. The van der Waals surface area contributed by atoms with Crippen molar-refractivity contribution in [2.45, 2.75) is 18.9 Å². The molecule has 2 aromatic carbocycles. The highest BCUT2D eigenvalue weighted by molar-refractivity contribution is 5.81. The average Bonchev–Trinajstić information content (AvgIpc) is 2.64. The molecule has 1 heterocycles. The molecule has 0 radical (unpaired) electrons. The van der Waals surface area contributed by atoms with Gasteiger partial charge in [-0.3, -0.25) is 14.6 Å². The fraction of sp³-hybridized carbons (Fsp3) is 0.350. The Bertz CT molecular complexity index is 774. The number of hydrogen-bond acceptors (Lipinski definition) is 4. The Balaban J connectivity index is 1.56. The quantitative estimate of drug-likeness (QED) is 0.820. The molecular weight excluding hydrogens is 371 g/mol. The Morgan fingerprint density at radius 3 is 2.14 bits per heavy atom. The van der Waals surface area contributed by atoms with Crippen molar-refractivity contribution in [3.8, 4) is 5.75 Å². The van der Waals surface area contributed by atoms with Gasteiger partial charge in [0, 0.05) is 32.7 Å². The molecule has 0 aromatic heterocycles. The number of alkyl halides is 3. The van der Waals surface area contributed by atoms with Gasteiger partial charge < -0.3 is 10.5 Å². The van der Waals surface area contributed by atoms with Gasteiger partial charge in [0.2, 0.25) is 5.91 Å². The summed E-state index contributed by atoms with van der Waals surface area (Å²) < 4.78 is 40.6. The number of piperazine rings is 1. The van der Waals surface area contributed by atoms with Gasteiger partial charge in [0.1, 0.15) is 11.8 Å². The molecular formula is C20H22F3N3O2. The van der Waals surface area contributed by atoms with E-state index in [9.17, 15) is 18.0 Å². The highest BCUT2D eigenvalue weighted by atomic mass is 19.4. The van der Waals surface area contributed by atoms with E-state index in [1.165, 1.54) is 12.1 Å². The molecule has 3 rings (SSSR count). The predicted octanol–water partition coefficient (Wildman–Crippen LogP) is 2.93. The smallest absolute Gasteiger partial charge is 0.406 e. The van der Waals surface area contributed by atoms with Crippen molar-refractivity contribution in [1.82, 2.24) is 9.80 Å². The van der Waals surface area contributed by atoms with Crippen LogP contribution >= 0.6 is 0 Å². The van der Waals surface area contributed by atoms with Crippen LogP contribution in [-0.4, -0.2) is 48.2 Å². The van der Waals surface area contributed by atoms with Crippen LogP contribution in [0.2, 0.25) is 0 Å². The van der Waals surface area contributed by atoms with Crippen LogP contribution in [0, 0.1) is 0 Å². The van der Waals surface area contributed by atoms with Crippen LogP contribution in [0.5, 0.6) is 5.75 Å². The maximum absolute atomic E-state index is 12.2. The van der Waals surface area contributed by atoms with Crippen molar-refractivity contribution in [1.29, 1.82) is 0 Å². The van der Waals surface area contributed by atoms with Crippen LogP contribution in [0.4, 0.5) is 13.2 Å². The van der Waals surface area contributed by atoms with Crippen molar-refractivity contribution in [2.75, 3.05) is 26.2 Å². The summed E-state index contributed by atoms with van der Waals surface area (Å²) in [5.41, 5.74) is 7.41. The number of nitrogens with zero attached hydrogens (tertiary/aromatic N) is 2. The number of nitrogens with two attached hydrogens (primary N) is 1. The Morgan fingerprint density at radius 2 is 1.61 bits per heavy atom. The standard InChI is InChI=1S/C20H22F3N3O2/c21-20(22,23)28-17-8-6-15(7-9-17)14-25-10-12-26(13-11-25)18(19(24)27)16-4-2-1-3-5-16/h1-9,18H,10-14H2,(H2,24,27). The lowest BCUT2D eigenvalue weighted by atomic mass is 10.0. The zero-order valence-electron chi connectivity index (χ0n) is 15.2. The van der Waals surface area contributed by atoms with Crippen LogP contribution in [0.25, 0.3) is 0 Å². The van der Waals surface area contributed by atoms with Gasteiger partial charge in [-0.1, -0.05) is 42.5 Å². The third kappa shape index (κ3) is 5.46. The topological polar surface area (TPSA) is 58.8 Å². The third-order valence-corrected chi connectivity index (χ3v) is 4.72. The molecule has 2 N–H and O–H groups in total. The van der Waals surface area contributed by atoms with E-state index in [-0.39, 0.29) is 11.7 Å². The first kappa shape index (κ1) is 20.2. The summed E-state index contributed by atoms with van der Waals surface area (Å²) in [7, 11) is 0. The van der Waals surface area contributed by atoms with Gasteiger partial charge in [-0.25, -0.2) is 0 Å². The van der Waals surface area contributed by atoms with E-state index in [0.717, 1.165) is 24.2 Å². The van der Waals surface area contributed by atoms with Crippen LogP contribution in [0.1, 0.15) is 17.2 Å². The molecule has 28 heavy (non-hydrogen) atoms. The van der Waals surface area contributed by atoms with Crippen molar-refractivity contribution < 1.29 is 22.7 Å². The molecule has 0 aliphatic carbocycles. The van der Waals surface area contributed by atoms with E-state index in [1.807, 2.05) is 30.3 Å². The molecule has 150 valence electrons. The van der Waals surface area contributed by atoms with E-state index in [0.29, 0.717) is 19.6 Å². The number of ether oxygens (including phenoxy) is 1. The lowest BCUT2D eigenvalue weighted by Crippen LogP contribution is -2.49. The summed E-state index contributed by atoms with van der Waals surface area (Å²) in [5.74, 6) is -0.604.